The molecule has 3 rings (SSSR count). The lowest BCUT2D eigenvalue weighted by molar-refractivity contribution is -0.122. The second kappa shape index (κ2) is 10.4. The molecule has 168 valence electrons. The Morgan fingerprint density at radius 2 is 1.53 bits per heavy atom. The average Bonchev–Trinajstić information content (AvgIpc) is 2.75. The van der Waals surface area contributed by atoms with Crippen LogP contribution in [-0.2, 0) is 21.4 Å². The van der Waals surface area contributed by atoms with Gasteiger partial charge in [0.25, 0.3) is 0 Å². The predicted octanol–water partition coefficient (Wildman–Crippen LogP) is 5.20. The summed E-state index contributed by atoms with van der Waals surface area (Å²) in [5.74, 6) is -1.08. The van der Waals surface area contributed by atoms with Crippen LogP contribution in [0.4, 0.5) is 4.39 Å². The second-order valence-electron chi connectivity index (χ2n) is 7.16. The van der Waals surface area contributed by atoms with Crippen molar-refractivity contribution in [1.82, 2.24) is 9.62 Å². The SMILES string of the molecule is CC(NC(=O)CN(Cc1ccccc1F)S(=O)(=O)c1ccc(Cl)cc1)c1ccc(Cl)cc1. The highest BCUT2D eigenvalue weighted by Crippen LogP contribution is 2.22. The Labute approximate surface area is 196 Å². The number of benzene rings is 3. The third-order valence-electron chi connectivity index (χ3n) is 4.82. The van der Waals surface area contributed by atoms with Gasteiger partial charge in [-0.25, -0.2) is 12.8 Å². The maximum atomic E-state index is 14.2. The molecule has 32 heavy (non-hydrogen) atoms. The molecule has 0 aliphatic carbocycles. The van der Waals surface area contributed by atoms with Gasteiger partial charge in [0, 0.05) is 22.2 Å². The zero-order chi connectivity index (χ0) is 23.3. The summed E-state index contributed by atoms with van der Waals surface area (Å²) in [5, 5.41) is 3.72. The number of hydrogen-bond acceptors (Lipinski definition) is 3. The molecule has 0 aromatic heterocycles. The van der Waals surface area contributed by atoms with Gasteiger partial charge in [-0.3, -0.25) is 4.79 Å². The van der Waals surface area contributed by atoms with Crippen molar-refractivity contribution in [3.63, 3.8) is 0 Å². The van der Waals surface area contributed by atoms with Crippen LogP contribution in [0.15, 0.2) is 77.7 Å². The van der Waals surface area contributed by atoms with Gasteiger partial charge in [-0.1, -0.05) is 53.5 Å². The number of carbonyl (C=O) groups excluding carboxylic acids is 1. The Morgan fingerprint density at radius 3 is 2.12 bits per heavy atom. The van der Waals surface area contributed by atoms with E-state index < -0.39 is 28.3 Å². The van der Waals surface area contributed by atoms with Crippen molar-refractivity contribution in [2.24, 2.45) is 0 Å². The van der Waals surface area contributed by atoms with Crippen LogP contribution in [0.5, 0.6) is 0 Å². The topological polar surface area (TPSA) is 66.5 Å². The van der Waals surface area contributed by atoms with Crippen molar-refractivity contribution in [2.45, 2.75) is 24.4 Å². The molecule has 0 aliphatic rings. The summed E-state index contributed by atoms with van der Waals surface area (Å²) >= 11 is 11.8. The van der Waals surface area contributed by atoms with Crippen molar-refractivity contribution >= 4 is 39.1 Å². The van der Waals surface area contributed by atoms with E-state index in [2.05, 4.69) is 5.32 Å². The number of sulfonamides is 1. The van der Waals surface area contributed by atoms with Crippen molar-refractivity contribution in [2.75, 3.05) is 6.54 Å². The minimum Gasteiger partial charge on any atom is -0.348 e. The first-order valence-corrected chi connectivity index (χ1v) is 11.9. The van der Waals surface area contributed by atoms with Gasteiger partial charge in [0.2, 0.25) is 15.9 Å². The Bertz CT molecular complexity index is 1190. The highest BCUT2D eigenvalue weighted by atomic mass is 35.5. The number of rotatable bonds is 8. The van der Waals surface area contributed by atoms with Gasteiger partial charge >= 0.3 is 0 Å². The molecule has 0 heterocycles. The number of amides is 1. The molecule has 0 fully saturated rings. The van der Waals surface area contributed by atoms with Crippen molar-refractivity contribution in [3.05, 3.63) is 99.8 Å². The van der Waals surface area contributed by atoms with E-state index in [-0.39, 0.29) is 23.0 Å². The third-order valence-corrected chi connectivity index (χ3v) is 7.13. The minimum absolute atomic E-state index is 0.0446. The number of carbonyl (C=O) groups is 1. The van der Waals surface area contributed by atoms with Crippen molar-refractivity contribution < 1.29 is 17.6 Å². The minimum atomic E-state index is -4.10. The van der Waals surface area contributed by atoms with E-state index in [1.165, 1.54) is 42.5 Å². The van der Waals surface area contributed by atoms with Gasteiger partial charge in [0.1, 0.15) is 5.82 Å². The summed E-state index contributed by atoms with van der Waals surface area (Å²) in [4.78, 5) is 12.7. The highest BCUT2D eigenvalue weighted by Gasteiger charge is 2.28. The van der Waals surface area contributed by atoms with Crippen LogP contribution in [0.1, 0.15) is 24.1 Å². The van der Waals surface area contributed by atoms with Crippen LogP contribution < -0.4 is 5.32 Å². The molecule has 0 saturated carbocycles. The Kier molecular flexibility index (Phi) is 7.90. The molecule has 0 spiro atoms. The molecular formula is C23H21Cl2FN2O3S. The van der Waals surface area contributed by atoms with E-state index in [1.54, 1.807) is 37.3 Å². The molecule has 1 atom stereocenters. The van der Waals surface area contributed by atoms with E-state index >= 15 is 0 Å². The Morgan fingerprint density at radius 1 is 0.969 bits per heavy atom. The molecule has 0 saturated heterocycles. The number of nitrogens with zero attached hydrogens (tertiary/aromatic N) is 1. The second-order valence-corrected chi connectivity index (χ2v) is 9.97. The lowest BCUT2D eigenvalue weighted by Gasteiger charge is -2.23. The molecule has 0 bridgehead atoms. The smallest absolute Gasteiger partial charge is 0.243 e. The summed E-state index contributed by atoms with van der Waals surface area (Å²) in [6.07, 6.45) is 0. The fraction of sp³-hybridized carbons (Fsp3) is 0.174. The lowest BCUT2D eigenvalue weighted by atomic mass is 10.1. The van der Waals surface area contributed by atoms with E-state index in [0.29, 0.717) is 10.0 Å². The zero-order valence-corrected chi connectivity index (χ0v) is 19.5. The van der Waals surface area contributed by atoms with Crippen molar-refractivity contribution in [3.8, 4) is 0 Å². The lowest BCUT2D eigenvalue weighted by Crippen LogP contribution is -2.41. The summed E-state index contributed by atoms with van der Waals surface area (Å²) in [7, 11) is -4.10. The molecular weight excluding hydrogens is 474 g/mol. The Hall–Kier alpha value is -2.45. The van der Waals surface area contributed by atoms with E-state index in [9.17, 15) is 17.6 Å². The molecule has 5 nitrogen and oxygen atoms in total. The van der Waals surface area contributed by atoms with Crippen LogP contribution in [-0.4, -0.2) is 25.2 Å². The summed E-state index contributed by atoms with van der Waals surface area (Å²) in [6, 6.07) is 18.0. The largest absolute Gasteiger partial charge is 0.348 e. The van der Waals surface area contributed by atoms with Crippen LogP contribution in [0, 0.1) is 5.82 Å². The molecule has 0 radical (unpaired) electrons. The van der Waals surface area contributed by atoms with Crippen LogP contribution in [0.3, 0.4) is 0 Å². The third kappa shape index (κ3) is 6.07. The number of nitrogens with one attached hydrogen (secondary N) is 1. The zero-order valence-electron chi connectivity index (χ0n) is 17.1. The van der Waals surface area contributed by atoms with Gasteiger partial charge in [0.05, 0.1) is 17.5 Å². The maximum absolute atomic E-state index is 14.2. The first kappa shape index (κ1) is 24.2. The van der Waals surface area contributed by atoms with E-state index in [4.69, 9.17) is 23.2 Å². The molecule has 1 N–H and O–H groups in total. The van der Waals surface area contributed by atoms with Gasteiger partial charge in [0.15, 0.2) is 0 Å². The van der Waals surface area contributed by atoms with E-state index in [0.717, 1.165) is 9.87 Å². The first-order chi connectivity index (χ1) is 15.2. The normalized spacial score (nSPS) is 12.5. The highest BCUT2D eigenvalue weighted by molar-refractivity contribution is 7.89. The van der Waals surface area contributed by atoms with Gasteiger partial charge in [-0.15, -0.1) is 0 Å². The monoisotopic (exact) mass is 494 g/mol. The average molecular weight is 495 g/mol. The first-order valence-electron chi connectivity index (χ1n) is 9.71. The fourth-order valence-electron chi connectivity index (χ4n) is 3.08. The Balaban J connectivity index is 1.84. The van der Waals surface area contributed by atoms with E-state index in [1.807, 2.05) is 0 Å². The van der Waals surface area contributed by atoms with Crippen LogP contribution in [0.2, 0.25) is 10.0 Å². The van der Waals surface area contributed by atoms with Gasteiger partial charge in [-0.05, 0) is 55.0 Å². The molecule has 1 amide bonds. The molecule has 3 aromatic rings. The van der Waals surface area contributed by atoms with Gasteiger partial charge in [-0.2, -0.15) is 4.31 Å². The predicted molar refractivity (Wildman–Crippen MR) is 123 cm³/mol. The molecule has 9 heteroatoms. The van der Waals surface area contributed by atoms with Crippen molar-refractivity contribution in [1.29, 1.82) is 0 Å². The van der Waals surface area contributed by atoms with Gasteiger partial charge < -0.3 is 5.32 Å². The maximum Gasteiger partial charge on any atom is 0.243 e. The quantitative estimate of drug-likeness (QED) is 0.467. The summed E-state index contributed by atoms with van der Waals surface area (Å²) in [5.41, 5.74) is 0.965. The molecule has 1 unspecified atom stereocenters. The molecule has 0 aliphatic heterocycles. The summed E-state index contributed by atoms with van der Waals surface area (Å²) in [6.45, 7) is 0.980. The molecule has 3 aromatic carbocycles. The number of halogens is 3. The number of hydrogen-bond donors (Lipinski definition) is 1. The standard InChI is InChI=1S/C23H21Cl2FN2O3S/c1-16(17-6-8-19(24)9-7-17)27-23(29)15-28(14-18-4-2-3-5-22(18)26)32(30,31)21-12-10-20(25)11-13-21/h2-13,16H,14-15H2,1H3,(H,27,29). The summed E-state index contributed by atoms with van der Waals surface area (Å²) < 4.78 is 41.7. The van der Waals surface area contributed by atoms with Crippen LogP contribution >= 0.6 is 23.2 Å². The van der Waals surface area contributed by atoms with Crippen LogP contribution in [0.25, 0.3) is 0 Å². The fourth-order valence-corrected chi connectivity index (χ4v) is 4.71.